The van der Waals surface area contributed by atoms with Crippen molar-refractivity contribution in [1.82, 2.24) is 0 Å². The van der Waals surface area contributed by atoms with Crippen molar-refractivity contribution in [3.8, 4) is 0 Å². The molecule has 30 heavy (non-hydrogen) atoms. The number of aliphatic hydroxyl groups excluding tert-OH is 1. The van der Waals surface area contributed by atoms with Gasteiger partial charge < -0.3 is 14.4 Å². The van der Waals surface area contributed by atoms with E-state index in [4.69, 9.17) is 4.42 Å². The van der Waals surface area contributed by atoms with Gasteiger partial charge in [0.2, 0.25) is 5.52 Å². The zero-order valence-electron chi connectivity index (χ0n) is 17.2. The number of nitrogens with zero attached hydrogens (tertiary/aromatic N) is 2. The Morgan fingerprint density at radius 2 is 1.97 bits per heavy atom. The molecule has 0 amide bonds. The predicted octanol–water partition coefficient (Wildman–Crippen LogP) is 4.30. The molecule has 0 aliphatic rings. The summed E-state index contributed by atoms with van der Waals surface area (Å²) in [5.74, 6) is 0. The monoisotopic (exact) mass is 421 g/mol. The van der Waals surface area contributed by atoms with Gasteiger partial charge in [-0.3, -0.25) is 0 Å². The molecule has 0 fully saturated rings. The predicted molar refractivity (Wildman–Crippen MR) is 124 cm³/mol. The number of aryl methyl sites for hydroxylation is 1. The van der Waals surface area contributed by atoms with Crippen molar-refractivity contribution >= 4 is 50.4 Å². The smallest absolute Gasteiger partial charge is 0.343 e. The quantitative estimate of drug-likeness (QED) is 0.357. The summed E-state index contributed by atoms with van der Waals surface area (Å²) >= 11 is 1.71. The van der Waals surface area contributed by atoms with Gasteiger partial charge in [-0.1, -0.05) is 23.5 Å². The number of fused-ring (bicyclic) bond motifs is 2. The molecule has 0 atom stereocenters. The second-order valence-corrected chi connectivity index (χ2v) is 8.06. The van der Waals surface area contributed by atoms with Crippen LogP contribution in [0.15, 0.2) is 57.7 Å². The topological polar surface area (TPSA) is 57.6 Å². The van der Waals surface area contributed by atoms with E-state index in [1.54, 1.807) is 11.3 Å². The van der Waals surface area contributed by atoms with Gasteiger partial charge in [-0.25, -0.2) is 4.79 Å². The molecule has 4 rings (SSSR count). The largest absolute Gasteiger partial charge is 0.422 e. The maximum atomic E-state index is 12.6. The van der Waals surface area contributed by atoms with Crippen molar-refractivity contribution in [3.05, 3.63) is 69.5 Å². The highest BCUT2D eigenvalue weighted by Crippen LogP contribution is 2.24. The summed E-state index contributed by atoms with van der Waals surface area (Å²) in [4.78, 5) is 14.6. The number of hydrogen-bond donors (Lipinski definition) is 1. The molecule has 5 nitrogen and oxygen atoms in total. The number of benzene rings is 2. The molecule has 0 radical (unpaired) electrons. The summed E-state index contributed by atoms with van der Waals surface area (Å²) in [6.07, 6.45) is 3.82. The lowest BCUT2D eigenvalue weighted by molar-refractivity contribution is -0.665. The van der Waals surface area contributed by atoms with Crippen molar-refractivity contribution in [2.24, 2.45) is 0 Å². The molecule has 0 unspecified atom stereocenters. The first kappa shape index (κ1) is 20.3. The molecule has 2 aromatic carbocycles. The second-order valence-electron chi connectivity index (χ2n) is 7.00. The van der Waals surface area contributed by atoms with Crippen LogP contribution in [0.4, 0.5) is 5.69 Å². The fourth-order valence-electron chi connectivity index (χ4n) is 3.68. The number of thiazole rings is 1. The summed E-state index contributed by atoms with van der Waals surface area (Å²) in [6, 6.07) is 16.0. The molecule has 4 aromatic rings. The molecule has 1 N–H and O–H groups in total. The van der Waals surface area contributed by atoms with Crippen LogP contribution < -0.4 is 15.1 Å². The van der Waals surface area contributed by atoms with Crippen LogP contribution in [0.5, 0.6) is 0 Å². The molecule has 0 aliphatic carbocycles. The highest BCUT2D eigenvalue weighted by Gasteiger charge is 2.16. The van der Waals surface area contributed by atoms with Crippen LogP contribution in [-0.4, -0.2) is 24.8 Å². The second kappa shape index (κ2) is 8.81. The fraction of sp³-hybridized carbons (Fsp3) is 0.250. The number of aliphatic hydroxyl groups is 1. The Bertz CT molecular complexity index is 1270. The average molecular weight is 422 g/mol. The van der Waals surface area contributed by atoms with Crippen LogP contribution in [-0.2, 0) is 6.54 Å². The van der Waals surface area contributed by atoms with Crippen LogP contribution in [0.2, 0.25) is 0 Å². The molecule has 0 aliphatic heterocycles. The first-order valence-corrected chi connectivity index (χ1v) is 11.0. The van der Waals surface area contributed by atoms with Gasteiger partial charge in [0.25, 0.3) is 5.01 Å². The van der Waals surface area contributed by atoms with Gasteiger partial charge in [-0.15, -0.1) is 0 Å². The van der Waals surface area contributed by atoms with E-state index in [0.29, 0.717) is 17.7 Å². The summed E-state index contributed by atoms with van der Waals surface area (Å²) < 4.78 is 9.08. The van der Waals surface area contributed by atoms with E-state index in [1.807, 2.05) is 60.4 Å². The van der Waals surface area contributed by atoms with Gasteiger partial charge in [-0.2, -0.15) is 4.57 Å². The third-order valence-electron chi connectivity index (χ3n) is 5.22. The van der Waals surface area contributed by atoms with Gasteiger partial charge in [-0.05, 0) is 44.2 Å². The molecular formula is C24H25N2O3S+. The van der Waals surface area contributed by atoms with Crippen molar-refractivity contribution < 1.29 is 14.1 Å². The number of aromatic nitrogens is 1. The summed E-state index contributed by atoms with van der Waals surface area (Å²) in [7, 11) is 0. The maximum absolute atomic E-state index is 12.6. The van der Waals surface area contributed by atoms with E-state index < -0.39 is 0 Å². The number of likely N-dealkylation sites (N-methyl/N-ethyl adjacent to an activating group) is 1. The van der Waals surface area contributed by atoms with E-state index in [0.717, 1.165) is 29.2 Å². The Morgan fingerprint density at radius 3 is 2.73 bits per heavy atom. The zero-order chi connectivity index (χ0) is 21.1. The van der Waals surface area contributed by atoms with Crippen LogP contribution >= 0.6 is 11.3 Å². The summed E-state index contributed by atoms with van der Waals surface area (Å²) in [5, 5.41) is 11.2. The minimum Gasteiger partial charge on any atom is -0.422 e. The van der Waals surface area contributed by atoms with E-state index in [-0.39, 0.29) is 12.2 Å². The van der Waals surface area contributed by atoms with Gasteiger partial charge in [0.15, 0.2) is 0 Å². The minimum atomic E-state index is -0.356. The summed E-state index contributed by atoms with van der Waals surface area (Å²) in [5.41, 5.74) is 2.85. The molecular weight excluding hydrogens is 396 g/mol. The van der Waals surface area contributed by atoms with Crippen LogP contribution in [0.1, 0.15) is 24.4 Å². The van der Waals surface area contributed by atoms with Gasteiger partial charge in [0.05, 0.1) is 12.2 Å². The standard InChI is InChI=1S/C24H25N2O3S/c1-3-25(13-14-27)19-11-9-17-15-18(24(28)29-21(17)16-19)10-12-23-26(4-2)20-7-5-6-8-22(20)30-23/h5-12,15-16,27H,3-4,13-14H2,1-2H3/q+1. The number of hydrogen-bond acceptors (Lipinski definition) is 5. The Labute approximate surface area is 179 Å². The van der Waals surface area contributed by atoms with Gasteiger partial charge in [0, 0.05) is 42.4 Å². The van der Waals surface area contributed by atoms with Gasteiger partial charge >= 0.3 is 5.63 Å². The Hall–Kier alpha value is -2.96. The lowest BCUT2D eigenvalue weighted by Crippen LogP contribution is -2.33. The van der Waals surface area contributed by atoms with E-state index in [1.165, 1.54) is 10.2 Å². The number of anilines is 1. The zero-order valence-corrected chi connectivity index (χ0v) is 18.0. The first-order chi connectivity index (χ1) is 14.6. The third kappa shape index (κ3) is 3.88. The number of rotatable bonds is 7. The molecule has 6 heteroatoms. The molecule has 0 saturated heterocycles. The van der Waals surface area contributed by atoms with Crippen molar-refractivity contribution in [2.75, 3.05) is 24.6 Å². The van der Waals surface area contributed by atoms with Crippen molar-refractivity contribution in [2.45, 2.75) is 20.4 Å². The minimum absolute atomic E-state index is 0.0784. The maximum Gasteiger partial charge on any atom is 0.343 e. The van der Waals surface area contributed by atoms with E-state index in [2.05, 4.69) is 23.6 Å². The third-order valence-corrected chi connectivity index (χ3v) is 6.35. The molecule has 2 heterocycles. The average Bonchev–Trinajstić information content (AvgIpc) is 3.13. The van der Waals surface area contributed by atoms with Crippen molar-refractivity contribution in [3.63, 3.8) is 0 Å². The van der Waals surface area contributed by atoms with E-state index in [9.17, 15) is 9.90 Å². The highest BCUT2D eigenvalue weighted by molar-refractivity contribution is 7.18. The molecule has 0 bridgehead atoms. The fourth-order valence-corrected chi connectivity index (χ4v) is 4.81. The normalized spacial score (nSPS) is 11.7. The van der Waals surface area contributed by atoms with Crippen LogP contribution in [0.25, 0.3) is 33.3 Å². The lowest BCUT2D eigenvalue weighted by Gasteiger charge is -2.22. The Balaban J connectivity index is 1.70. The van der Waals surface area contributed by atoms with Gasteiger partial charge in [0.1, 0.15) is 16.8 Å². The highest BCUT2D eigenvalue weighted by atomic mass is 32.1. The lowest BCUT2D eigenvalue weighted by atomic mass is 10.1. The molecule has 0 spiro atoms. The SMILES string of the molecule is CCN(CCO)c1ccc2cc(/C=C/c3sc4ccccc4[n+]3CC)c(=O)oc2c1. The Morgan fingerprint density at radius 1 is 1.13 bits per heavy atom. The molecule has 0 saturated carbocycles. The van der Waals surface area contributed by atoms with Crippen LogP contribution in [0, 0.1) is 0 Å². The first-order valence-electron chi connectivity index (χ1n) is 10.2. The van der Waals surface area contributed by atoms with Crippen molar-refractivity contribution in [1.29, 1.82) is 0 Å². The number of para-hydroxylation sites is 1. The molecule has 154 valence electrons. The van der Waals surface area contributed by atoms with Crippen LogP contribution in [0.3, 0.4) is 0 Å². The summed E-state index contributed by atoms with van der Waals surface area (Å²) in [6.45, 7) is 6.40. The van der Waals surface area contributed by atoms with E-state index >= 15 is 0 Å². The Kier molecular flexibility index (Phi) is 5.97. The molecule has 2 aromatic heterocycles.